The van der Waals surface area contributed by atoms with Crippen LogP contribution in [0.2, 0.25) is 0 Å². The van der Waals surface area contributed by atoms with E-state index in [0.29, 0.717) is 0 Å². The molecule has 2 rings (SSSR count). The molecule has 6 heteroatoms. The van der Waals surface area contributed by atoms with Gasteiger partial charge in [0.15, 0.2) is 5.41 Å². The van der Waals surface area contributed by atoms with Crippen molar-refractivity contribution in [3.05, 3.63) is 0 Å². The van der Waals surface area contributed by atoms with E-state index < -0.39 is 17.5 Å². The van der Waals surface area contributed by atoms with Crippen molar-refractivity contribution >= 4 is 5.91 Å². The highest BCUT2D eigenvalue weighted by atomic mass is 19.4. The molecule has 0 bridgehead atoms. The zero-order chi connectivity index (χ0) is 11.8. The second kappa shape index (κ2) is 3.91. The fraction of sp³-hybridized carbons (Fsp3) is 0.900. The Morgan fingerprint density at radius 3 is 2.44 bits per heavy atom. The number of carbonyl (C=O) groups is 1. The molecule has 92 valence electrons. The minimum Gasteiger partial charge on any atom is -0.353 e. The zero-order valence-electron chi connectivity index (χ0n) is 8.86. The Bertz CT molecular complexity index is 280. The standard InChI is InChI=1S/C10H15F3N2O/c11-10(12,13)9(4-5-14-6-9)8(16)15-7-2-1-3-7/h7,14H,1-6H2,(H,15,16). The van der Waals surface area contributed by atoms with Crippen LogP contribution in [0.5, 0.6) is 0 Å². The highest BCUT2D eigenvalue weighted by molar-refractivity contribution is 5.84. The molecule has 2 aliphatic rings. The number of halogens is 3. The lowest BCUT2D eigenvalue weighted by Crippen LogP contribution is -2.55. The topological polar surface area (TPSA) is 41.1 Å². The molecule has 1 saturated heterocycles. The molecule has 1 atom stereocenters. The predicted octanol–water partition coefficient (Wildman–Crippen LogP) is 1.20. The van der Waals surface area contributed by atoms with Gasteiger partial charge in [-0.15, -0.1) is 0 Å². The molecule has 0 aromatic carbocycles. The van der Waals surface area contributed by atoms with Crippen molar-refractivity contribution < 1.29 is 18.0 Å². The summed E-state index contributed by atoms with van der Waals surface area (Å²) in [5.74, 6) is -0.852. The second-order valence-electron chi connectivity index (χ2n) is 4.61. The average Bonchev–Trinajstić information content (AvgIpc) is 2.59. The molecule has 3 nitrogen and oxygen atoms in total. The Morgan fingerprint density at radius 1 is 1.38 bits per heavy atom. The van der Waals surface area contributed by atoms with Gasteiger partial charge in [0.05, 0.1) is 0 Å². The van der Waals surface area contributed by atoms with Crippen LogP contribution in [-0.2, 0) is 4.79 Å². The number of rotatable bonds is 2. The number of amides is 1. The van der Waals surface area contributed by atoms with E-state index in [4.69, 9.17) is 0 Å². The minimum absolute atomic E-state index is 0.0488. The summed E-state index contributed by atoms with van der Waals surface area (Å²) in [5, 5.41) is 5.14. The summed E-state index contributed by atoms with van der Waals surface area (Å²) in [6.07, 6.45) is -2.04. The fourth-order valence-corrected chi connectivity index (χ4v) is 2.13. The second-order valence-corrected chi connectivity index (χ2v) is 4.61. The van der Waals surface area contributed by atoms with Crippen LogP contribution in [-0.4, -0.2) is 31.2 Å². The molecule has 0 radical (unpaired) electrons. The predicted molar refractivity (Wildman–Crippen MR) is 51.8 cm³/mol. The molecule has 0 aromatic rings. The third-order valence-corrected chi connectivity index (χ3v) is 3.57. The van der Waals surface area contributed by atoms with Gasteiger partial charge in [0, 0.05) is 12.6 Å². The van der Waals surface area contributed by atoms with Crippen molar-refractivity contribution in [1.29, 1.82) is 0 Å². The summed E-state index contributed by atoms with van der Waals surface area (Å²) in [4.78, 5) is 11.7. The maximum absolute atomic E-state index is 12.9. The Labute approximate surface area is 91.8 Å². The van der Waals surface area contributed by atoms with Crippen molar-refractivity contribution in [2.75, 3.05) is 13.1 Å². The number of hydrogen-bond acceptors (Lipinski definition) is 2. The van der Waals surface area contributed by atoms with Crippen LogP contribution in [0.15, 0.2) is 0 Å². The lowest BCUT2D eigenvalue weighted by Gasteiger charge is -2.34. The first-order valence-corrected chi connectivity index (χ1v) is 5.54. The molecular formula is C10H15F3N2O. The summed E-state index contributed by atoms with van der Waals surface area (Å²) in [5.41, 5.74) is -2.21. The molecular weight excluding hydrogens is 221 g/mol. The molecule has 1 heterocycles. The SMILES string of the molecule is O=C(NC1CCC1)C1(C(F)(F)F)CCNC1. The Kier molecular flexibility index (Phi) is 2.86. The number of carbonyl (C=O) groups excluding carboxylic acids is 1. The lowest BCUT2D eigenvalue weighted by molar-refractivity contribution is -0.216. The molecule has 2 N–H and O–H groups in total. The Balaban J connectivity index is 2.09. The van der Waals surface area contributed by atoms with E-state index in [1.54, 1.807) is 0 Å². The van der Waals surface area contributed by atoms with Gasteiger partial charge in [-0.25, -0.2) is 0 Å². The lowest BCUT2D eigenvalue weighted by atomic mass is 9.83. The summed E-state index contributed by atoms with van der Waals surface area (Å²) < 4.78 is 38.8. The van der Waals surface area contributed by atoms with Crippen LogP contribution in [0.4, 0.5) is 13.2 Å². The normalized spacial score (nSPS) is 31.2. The van der Waals surface area contributed by atoms with E-state index in [0.717, 1.165) is 19.3 Å². The first kappa shape index (κ1) is 11.7. The van der Waals surface area contributed by atoms with E-state index in [9.17, 15) is 18.0 Å². The van der Waals surface area contributed by atoms with Crippen LogP contribution in [0.1, 0.15) is 25.7 Å². The van der Waals surface area contributed by atoms with Gasteiger partial charge in [0.1, 0.15) is 0 Å². The molecule has 16 heavy (non-hydrogen) atoms. The molecule has 1 amide bonds. The maximum atomic E-state index is 12.9. The molecule has 0 aromatic heterocycles. The van der Waals surface area contributed by atoms with Gasteiger partial charge in [0.25, 0.3) is 0 Å². The average molecular weight is 236 g/mol. The first-order valence-electron chi connectivity index (χ1n) is 5.54. The third kappa shape index (κ3) is 1.79. The third-order valence-electron chi connectivity index (χ3n) is 3.57. The van der Waals surface area contributed by atoms with Gasteiger partial charge in [-0.2, -0.15) is 13.2 Å². The van der Waals surface area contributed by atoms with Crippen molar-refractivity contribution in [3.8, 4) is 0 Å². The summed E-state index contributed by atoms with van der Waals surface area (Å²) >= 11 is 0. The van der Waals surface area contributed by atoms with Gasteiger partial charge in [-0.05, 0) is 32.2 Å². The highest BCUT2D eigenvalue weighted by Gasteiger charge is 2.61. The maximum Gasteiger partial charge on any atom is 0.404 e. The quantitative estimate of drug-likeness (QED) is 0.756. The van der Waals surface area contributed by atoms with Crippen molar-refractivity contribution in [3.63, 3.8) is 0 Å². The van der Waals surface area contributed by atoms with Gasteiger partial charge in [0.2, 0.25) is 5.91 Å². The zero-order valence-corrected chi connectivity index (χ0v) is 8.86. The van der Waals surface area contributed by atoms with Crippen molar-refractivity contribution in [2.24, 2.45) is 5.41 Å². The van der Waals surface area contributed by atoms with Crippen LogP contribution >= 0.6 is 0 Å². The van der Waals surface area contributed by atoms with E-state index >= 15 is 0 Å². The fourth-order valence-electron chi connectivity index (χ4n) is 2.13. The summed E-state index contributed by atoms with van der Waals surface area (Å²) in [6, 6.07) is -0.0488. The Morgan fingerprint density at radius 2 is 2.06 bits per heavy atom. The number of hydrogen-bond donors (Lipinski definition) is 2. The number of nitrogens with one attached hydrogen (secondary N) is 2. The minimum atomic E-state index is -4.47. The van der Waals surface area contributed by atoms with Gasteiger partial charge >= 0.3 is 6.18 Å². The molecule has 1 saturated carbocycles. The van der Waals surface area contributed by atoms with Crippen molar-refractivity contribution in [1.82, 2.24) is 10.6 Å². The molecule has 1 unspecified atom stereocenters. The van der Waals surface area contributed by atoms with Crippen LogP contribution in [0.3, 0.4) is 0 Å². The molecule has 0 spiro atoms. The van der Waals surface area contributed by atoms with Crippen LogP contribution in [0, 0.1) is 5.41 Å². The van der Waals surface area contributed by atoms with Crippen LogP contribution < -0.4 is 10.6 Å². The van der Waals surface area contributed by atoms with E-state index in [-0.39, 0.29) is 25.6 Å². The van der Waals surface area contributed by atoms with E-state index in [1.165, 1.54) is 0 Å². The number of alkyl halides is 3. The first-order chi connectivity index (χ1) is 7.46. The van der Waals surface area contributed by atoms with E-state index in [2.05, 4.69) is 10.6 Å². The molecule has 1 aliphatic heterocycles. The van der Waals surface area contributed by atoms with Crippen molar-refractivity contribution in [2.45, 2.75) is 37.9 Å². The largest absolute Gasteiger partial charge is 0.404 e. The monoisotopic (exact) mass is 236 g/mol. The van der Waals surface area contributed by atoms with E-state index in [1.807, 2.05) is 0 Å². The van der Waals surface area contributed by atoms with Gasteiger partial charge in [-0.1, -0.05) is 0 Å². The van der Waals surface area contributed by atoms with Crippen LogP contribution in [0.25, 0.3) is 0 Å². The highest BCUT2D eigenvalue weighted by Crippen LogP contribution is 2.43. The summed E-state index contributed by atoms with van der Waals surface area (Å²) in [7, 11) is 0. The summed E-state index contributed by atoms with van der Waals surface area (Å²) in [6.45, 7) is -0.0490. The smallest absolute Gasteiger partial charge is 0.353 e. The molecule has 2 fully saturated rings. The van der Waals surface area contributed by atoms with Gasteiger partial charge in [-0.3, -0.25) is 4.79 Å². The van der Waals surface area contributed by atoms with Gasteiger partial charge < -0.3 is 10.6 Å². The molecule has 1 aliphatic carbocycles. The Hall–Kier alpha value is -0.780.